The van der Waals surface area contributed by atoms with E-state index in [4.69, 9.17) is 4.74 Å². The van der Waals surface area contributed by atoms with Crippen LogP contribution in [0, 0.1) is 5.82 Å². The van der Waals surface area contributed by atoms with Gasteiger partial charge < -0.3 is 15.4 Å². The lowest BCUT2D eigenvalue weighted by atomic mass is 10.2. The number of ether oxygens (including phenoxy) is 1. The first-order chi connectivity index (χ1) is 8.78. The van der Waals surface area contributed by atoms with Gasteiger partial charge in [-0.15, -0.1) is 0 Å². The van der Waals surface area contributed by atoms with Gasteiger partial charge in [-0.1, -0.05) is 0 Å². The zero-order valence-electron chi connectivity index (χ0n) is 11.2. The maximum Gasteiger partial charge on any atom is 0.407 e. The molecule has 0 saturated heterocycles. The summed E-state index contributed by atoms with van der Waals surface area (Å²) in [6.07, 6.45) is -0.449. The van der Waals surface area contributed by atoms with E-state index >= 15 is 0 Å². The van der Waals surface area contributed by atoms with Crippen LogP contribution in [0.2, 0.25) is 0 Å². The number of alkyl carbamates (subject to hydrolysis) is 1. The molecule has 0 aliphatic carbocycles. The average Bonchev–Trinajstić information content (AvgIpc) is 2.27. The zero-order valence-corrected chi connectivity index (χ0v) is 12.8. The number of carbonyl (C=O) groups is 1. The van der Waals surface area contributed by atoms with Crippen molar-refractivity contribution < 1.29 is 13.9 Å². The van der Waals surface area contributed by atoms with Crippen molar-refractivity contribution in [1.29, 1.82) is 0 Å². The first-order valence-corrected chi connectivity index (χ1v) is 6.73. The van der Waals surface area contributed by atoms with Crippen molar-refractivity contribution in [2.75, 3.05) is 18.4 Å². The fraction of sp³-hybridized carbons (Fsp3) is 0.462. The van der Waals surface area contributed by atoms with E-state index in [0.717, 1.165) is 5.69 Å². The molecule has 0 radical (unpaired) electrons. The minimum absolute atomic E-state index is 0.308. The van der Waals surface area contributed by atoms with Crippen LogP contribution in [0.4, 0.5) is 14.9 Å². The molecule has 106 valence electrons. The maximum atomic E-state index is 13.0. The van der Waals surface area contributed by atoms with Crippen LogP contribution >= 0.6 is 15.9 Å². The summed E-state index contributed by atoms with van der Waals surface area (Å²) >= 11 is 3.11. The molecule has 0 fully saturated rings. The highest BCUT2D eigenvalue weighted by Crippen LogP contribution is 2.19. The number of amides is 1. The van der Waals surface area contributed by atoms with Gasteiger partial charge in [-0.2, -0.15) is 0 Å². The summed E-state index contributed by atoms with van der Waals surface area (Å²) in [6.45, 7) is 6.36. The summed E-state index contributed by atoms with van der Waals surface area (Å²) < 4.78 is 18.5. The Morgan fingerprint density at radius 3 is 2.63 bits per heavy atom. The Morgan fingerprint density at radius 2 is 2.05 bits per heavy atom. The summed E-state index contributed by atoms with van der Waals surface area (Å²) in [4.78, 5) is 11.4. The predicted molar refractivity (Wildman–Crippen MR) is 76.8 cm³/mol. The number of hydrogen-bond donors (Lipinski definition) is 2. The molecule has 1 aromatic rings. The number of halogens is 2. The SMILES string of the molecule is CC(C)(C)OC(=O)NCCNc1ccc(F)c(Br)c1. The topological polar surface area (TPSA) is 50.4 Å². The summed E-state index contributed by atoms with van der Waals surface area (Å²) in [5.41, 5.74) is 0.276. The van der Waals surface area contributed by atoms with Crippen molar-refractivity contribution in [2.24, 2.45) is 0 Å². The van der Waals surface area contributed by atoms with Crippen molar-refractivity contribution >= 4 is 27.7 Å². The van der Waals surface area contributed by atoms with E-state index in [0.29, 0.717) is 17.6 Å². The predicted octanol–water partition coefficient (Wildman–Crippen LogP) is 3.52. The van der Waals surface area contributed by atoms with E-state index in [2.05, 4.69) is 26.6 Å². The molecule has 0 aliphatic heterocycles. The highest BCUT2D eigenvalue weighted by Gasteiger charge is 2.15. The third-order valence-electron chi connectivity index (χ3n) is 2.04. The minimum Gasteiger partial charge on any atom is -0.444 e. The molecule has 0 aromatic heterocycles. The Hall–Kier alpha value is -1.30. The van der Waals surface area contributed by atoms with Gasteiger partial charge in [0.05, 0.1) is 4.47 Å². The van der Waals surface area contributed by atoms with Crippen molar-refractivity contribution in [3.05, 3.63) is 28.5 Å². The highest BCUT2D eigenvalue weighted by atomic mass is 79.9. The fourth-order valence-corrected chi connectivity index (χ4v) is 1.67. The third-order valence-corrected chi connectivity index (χ3v) is 2.65. The molecular formula is C13H18BrFN2O2. The standard InChI is InChI=1S/C13H18BrFN2O2/c1-13(2,3)19-12(18)17-7-6-16-9-4-5-11(15)10(14)8-9/h4-5,8,16H,6-7H2,1-3H3,(H,17,18). The molecule has 4 nitrogen and oxygen atoms in total. The Balaban J connectivity index is 2.27. The molecule has 1 amide bonds. The van der Waals surface area contributed by atoms with E-state index in [1.54, 1.807) is 32.9 Å². The number of nitrogens with one attached hydrogen (secondary N) is 2. The van der Waals surface area contributed by atoms with Crippen LogP contribution in [0.3, 0.4) is 0 Å². The van der Waals surface area contributed by atoms with E-state index < -0.39 is 11.7 Å². The highest BCUT2D eigenvalue weighted by molar-refractivity contribution is 9.10. The molecule has 6 heteroatoms. The molecule has 1 rings (SSSR count). The molecule has 0 unspecified atom stereocenters. The molecule has 1 aromatic carbocycles. The number of anilines is 1. The van der Waals surface area contributed by atoms with Crippen molar-refractivity contribution in [3.8, 4) is 0 Å². The first kappa shape index (κ1) is 15.8. The van der Waals surface area contributed by atoms with Crippen molar-refractivity contribution in [3.63, 3.8) is 0 Å². The molecule has 0 spiro atoms. The Bertz CT molecular complexity index is 447. The lowest BCUT2D eigenvalue weighted by Crippen LogP contribution is -2.34. The fourth-order valence-electron chi connectivity index (χ4n) is 1.29. The molecule has 19 heavy (non-hydrogen) atoms. The third kappa shape index (κ3) is 6.42. The second kappa shape index (κ2) is 6.75. The van der Waals surface area contributed by atoms with Crippen molar-refractivity contribution in [2.45, 2.75) is 26.4 Å². The van der Waals surface area contributed by atoms with Crippen molar-refractivity contribution in [1.82, 2.24) is 5.32 Å². The van der Waals surface area contributed by atoms with E-state index in [-0.39, 0.29) is 5.82 Å². The summed E-state index contributed by atoms with van der Waals surface area (Å²) in [5, 5.41) is 5.69. The Morgan fingerprint density at radius 1 is 1.37 bits per heavy atom. The van der Waals surface area contributed by atoms with Crippen LogP contribution in [-0.2, 0) is 4.74 Å². The second-order valence-corrected chi connectivity index (χ2v) is 5.84. The molecule has 0 saturated carbocycles. The number of benzene rings is 1. The quantitative estimate of drug-likeness (QED) is 0.829. The van der Waals surface area contributed by atoms with Gasteiger partial charge in [-0.25, -0.2) is 9.18 Å². The molecule has 0 bridgehead atoms. The number of carbonyl (C=O) groups excluding carboxylic acids is 1. The van der Waals surface area contributed by atoms with E-state index in [9.17, 15) is 9.18 Å². The van der Waals surface area contributed by atoms with Gasteiger partial charge in [0.2, 0.25) is 0 Å². The van der Waals surface area contributed by atoms with Gasteiger partial charge in [0.15, 0.2) is 0 Å². The van der Waals surface area contributed by atoms with Gasteiger partial charge in [-0.05, 0) is 54.9 Å². The smallest absolute Gasteiger partial charge is 0.407 e. The molecule has 2 N–H and O–H groups in total. The summed E-state index contributed by atoms with van der Waals surface area (Å²) in [6, 6.07) is 4.64. The monoisotopic (exact) mass is 332 g/mol. The summed E-state index contributed by atoms with van der Waals surface area (Å²) in [7, 11) is 0. The zero-order chi connectivity index (χ0) is 14.5. The number of hydrogen-bond acceptors (Lipinski definition) is 3. The maximum absolute atomic E-state index is 13.0. The average molecular weight is 333 g/mol. The van der Waals surface area contributed by atoms with E-state index in [1.165, 1.54) is 6.07 Å². The van der Waals surface area contributed by atoms with Crippen LogP contribution in [-0.4, -0.2) is 24.8 Å². The van der Waals surface area contributed by atoms with Gasteiger partial charge in [0.25, 0.3) is 0 Å². The van der Waals surface area contributed by atoms with Gasteiger partial charge >= 0.3 is 6.09 Å². The normalized spacial score (nSPS) is 11.0. The Labute approximate surface area is 120 Å². The molecule has 0 heterocycles. The van der Waals surface area contributed by atoms with Crippen LogP contribution < -0.4 is 10.6 Å². The minimum atomic E-state index is -0.501. The largest absolute Gasteiger partial charge is 0.444 e. The molecular weight excluding hydrogens is 315 g/mol. The van der Waals surface area contributed by atoms with Crippen LogP contribution in [0.15, 0.2) is 22.7 Å². The van der Waals surface area contributed by atoms with E-state index in [1.807, 2.05) is 0 Å². The van der Waals surface area contributed by atoms with Crippen LogP contribution in [0.1, 0.15) is 20.8 Å². The number of rotatable bonds is 4. The van der Waals surface area contributed by atoms with Gasteiger partial charge in [-0.3, -0.25) is 0 Å². The summed E-state index contributed by atoms with van der Waals surface area (Å²) in [5.74, 6) is -0.308. The lowest BCUT2D eigenvalue weighted by Gasteiger charge is -2.19. The lowest BCUT2D eigenvalue weighted by molar-refractivity contribution is 0.0530. The van der Waals surface area contributed by atoms with Gasteiger partial charge in [0, 0.05) is 18.8 Å². The molecule has 0 aliphatic rings. The first-order valence-electron chi connectivity index (χ1n) is 5.94. The van der Waals surface area contributed by atoms with Gasteiger partial charge in [0.1, 0.15) is 11.4 Å². The second-order valence-electron chi connectivity index (χ2n) is 4.98. The molecule has 0 atom stereocenters. The van der Waals surface area contributed by atoms with Crippen LogP contribution in [0.5, 0.6) is 0 Å². The van der Waals surface area contributed by atoms with Crippen LogP contribution in [0.25, 0.3) is 0 Å². The Kier molecular flexibility index (Phi) is 5.60.